The molecule has 0 fully saturated rings. The number of benzene rings is 1. The average molecular weight is 414 g/mol. The number of hydrogen-bond donors (Lipinski definition) is 5. The van der Waals surface area contributed by atoms with Crippen LogP contribution >= 0.6 is 0 Å². The van der Waals surface area contributed by atoms with Gasteiger partial charge in [0, 0.05) is 24.0 Å². The van der Waals surface area contributed by atoms with E-state index in [1.54, 1.807) is 36.5 Å². The maximum Gasteiger partial charge on any atom is 0.225 e. The molecule has 2 aromatic heterocycles. The van der Waals surface area contributed by atoms with Crippen LogP contribution in [-0.4, -0.2) is 37.3 Å². The van der Waals surface area contributed by atoms with Crippen LogP contribution in [-0.2, 0) is 15.1 Å². The Bertz CT molecular complexity index is 1030. The highest BCUT2D eigenvalue weighted by atomic mass is 32.2. The van der Waals surface area contributed by atoms with E-state index in [9.17, 15) is 9.32 Å². The van der Waals surface area contributed by atoms with Crippen LogP contribution in [0.1, 0.15) is 6.92 Å². The number of aromatic nitrogens is 3. The summed E-state index contributed by atoms with van der Waals surface area (Å²) in [6, 6.07) is 13.7. The van der Waals surface area contributed by atoms with Gasteiger partial charge in [0.1, 0.15) is 0 Å². The first-order valence-electron chi connectivity index (χ1n) is 8.66. The minimum Gasteiger partial charge on any atom is -0.454 e. The summed E-state index contributed by atoms with van der Waals surface area (Å²) in [5, 5.41) is 12.3. The van der Waals surface area contributed by atoms with Crippen molar-refractivity contribution in [2.45, 2.75) is 13.0 Å². The van der Waals surface area contributed by atoms with E-state index in [2.05, 4.69) is 35.5 Å². The SMILES string of the molecule is C[C@H](CO)Nc1nc(NNc2ccc(N=[S-](=O)O)cc2)cc(-c2ccccn2)n1. The van der Waals surface area contributed by atoms with Crippen LogP contribution in [0.3, 0.4) is 0 Å². The lowest BCUT2D eigenvalue weighted by Crippen LogP contribution is -2.21. The van der Waals surface area contributed by atoms with Gasteiger partial charge in [0.05, 0.1) is 23.7 Å². The summed E-state index contributed by atoms with van der Waals surface area (Å²) in [7, 11) is -2.24. The molecule has 1 aromatic carbocycles. The van der Waals surface area contributed by atoms with Crippen molar-refractivity contribution in [2.24, 2.45) is 4.36 Å². The summed E-state index contributed by atoms with van der Waals surface area (Å²) in [5.41, 5.74) is 8.37. The zero-order valence-corrected chi connectivity index (χ0v) is 16.3. The van der Waals surface area contributed by atoms with Crippen molar-refractivity contribution in [3.63, 3.8) is 0 Å². The van der Waals surface area contributed by atoms with Crippen molar-refractivity contribution >= 4 is 34.0 Å². The molecular weight excluding hydrogens is 394 g/mol. The van der Waals surface area contributed by atoms with Crippen LogP contribution in [0.15, 0.2) is 59.1 Å². The molecule has 29 heavy (non-hydrogen) atoms. The van der Waals surface area contributed by atoms with Crippen LogP contribution in [0.5, 0.6) is 0 Å². The van der Waals surface area contributed by atoms with Crippen LogP contribution in [0.2, 0.25) is 0 Å². The lowest BCUT2D eigenvalue weighted by molar-refractivity contribution is 0.281. The Hall–Kier alpha value is -3.28. The highest BCUT2D eigenvalue weighted by molar-refractivity contribution is 7.68. The number of nitrogens with one attached hydrogen (secondary N) is 3. The molecule has 0 aliphatic carbocycles. The van der Waals surface area contributed by atoms with Gasteiger partial charge in [-0.15, -0.1) is 0 Å². The van der Waals surface area contributed by atoms with E-state index in [4.69, 9.17) is 4.55 Å². The van der Waals surface area contributed by atoms with Crippen LogP contribution in [0.4, 0.5) is 23.1 Å². The van der Waals surface area contributed by atoms with Gasteiger partial charge in [0.2, 0.25) is 5.95 Å². The quantitative estimate of drug-likeness (QED) is 0.213. The Kier molecular flexibility index (Phi) is 6.89. The third-order valence-electron chi connectivity index (χ3n) is 3.69. The molecule has 3 rings (SSSR count). The Morgan fingerprint density at radius 1 is 1.10 bits per heavy atom. The summed E-state index contributed by atoms with van der Waals surface area (Å²) in [4.78, 5) is 13.2. The fourth-order valence-corrected chi connectivity index (χ4v) is 2.62. The van der Waals surface area contributed by atoms with E-state index >= 15 is 0 Å². The number of hydrazine groups is 1. The van der Waals surface area contributed by atoms with Crippen molar-refractivity contribution in [1.29, 1.82) is 0 Å². The minimum absolute atomic E-state index is 0.0613. The molecule has 5 N–H and O–H groups in total. The Balaban J connectivity index is 1.81. The smallest absolute Gasteiger partial charge is 0.225 e. The van der Waals surface area contributed by atoms with Gasteiger partial charge in [-0.2, -0.15) is 4.98 Å². The van der Waals surface area contributed by atoms with E-state index in [1.165, 1.54) is 0 Å². The summed E-state index contributed by atoms with van der Waals surface area (Å²) in [6.07, 6.45) is 1.68. The number of rotatable bonds is 8. The van der Waals surface area contributed by atoms with E-state index < -0.39 is 10.9 Å². The third kappa shape index (κ3) is 6.10. The predicted molar refractivity (Wildman–Crippen MR) is 112 cm³/mol. The molecule has 0 spiro atoms. The lowest BCUT2D eigenvalue weighted by Gasteiger charge is -2.15. The molecule has 10 nitrogen and oxygen atoms in total. The van der Waals surface area contributed by atoms with Gasteiger partial charge in [-0.25, -0.2) is 4.98 Å². The van der Waals surface area contributed by atoms with Gasteiger partial charge in [-0.1, -0.05) is 16.9 Å². The molecule has 1 atom stereocenters. The molecule has 0 bridgehead atoms. The second-order valence-corrected chi connectivity index (χ2v) is 6.67. The predicted octanol–water partition coefficient (Wildman–Crippen LogP) is 3.02. The first-order valence-corrected chi connectivity index (χ1v) is 9.72. The fourth-order valence-electron chi connectivity index (χ4n) is 2.32. The molecule has 0 saturated carbocycles. The molecule has 0 radical (unpaired) electrons. The first kappa shape index (κ1) is 20.5. The van der Waals surface area contributed by atoms with E-state index in [1.807, 2.05) is 25.1 Å². The van der Waals surface area contributed by atoms with Gasteiger partial charge in [-0.05, 0) is 43.3 Å². The second kappa shape index (κ2) is 9.78. The van der Waals surface area contributed by atoms with Crippen LogP contribution < -0.4 is 16.2 Å². The summed E-state index contributed by atoms with van der Waals surface area (Å²) < 4.78 is 23.0. The molecule has 0 saturated heterocycles. The molecule has 0 aliphatic rings. The van der Waals surface area contributed by atoms with Crippen molar-refractivity contribution < 1.29 is 13.9 Å². The Labute approximate surface area is 169 Å². The minimum atomic E-state index is -2.24. The number of hydrogen-bond acceptors (Lipinski definition) is 10. The molecule has 0 unspecified atom stereocenters. The van der Waals surface area contributed by atoms with E-state index in [0.29, 0.717) is 34.5 Å². The number of anilines is 3. The lowest BCUT2D eigenvalue weighted by atomic mass is 10.2. The highest BCUT2D eigenvalue weighted by Gasteiger charge is 2.09. The maximum absolute atomic E-state index is 10.7. The molecule has 0 aliphatic heterocycles. The zero-order chi connectivity index (χ0) is 20.6. The molecule has 3 aromatic rings. The molecular formula is C18H20N7O3S-. The van der Waals surface area contributed by atoms with Gasteiger partial charge < -0.3 is 23.5 Å². The Morgan fingerprint density at radius 3 is 2.55 bits per heavy atom. The van der Waals surface area contributed by atoms with Crippen molar-refractivity contribution in [2.75, 3.05) is 22.8 Å². The topological polar surface area (TPSA) is 145 Å². The summed E-state index contributed by atoms with van der Waals surface area (Å²) in [5.74, 6) is 0.831. The monoisotopic (exact) mass is 414 g/mol. The Morgan fingerprint density at radius 2 is 1.90 bits per heavy atom. The third-order valence-corrected chi connectivity index (χ3v) is 4.06. The zero-order valence-electron chi connectivity index (χ0n) is 15.5. The van der Waals surface area contributed by atoms with E-state index in [0.717, 1.165) is 0 Å². The molecule has 2 heterocycles. The molecule has 152 valence electrons. The van der Waals surface area contributed by atoms with Crippen molar-refractivity contribution in [3.8, 4) is 11.4 Å². The normalized spacial score (nSPS) is 12.9. The maximum atomic E-state index is 10.7. The number of pyridine rings is 1. The van der Waals surface area contributed by atoms with Crippen LogP contribution in [0.25, 0.3) is 11.4 Å². The standard InChI is InChI=1S/C18H20N7O3S/c1-12(11-26)20-18-21-16(15-4-2-3-9-19-15)10-17(22-18)24-23-13-5-7-14(8-6-13)25-29(27)28/h2-10,12,23,26H,11H2,1H3,(H,25,27,28)(H2,20,21,22,24)/q-1/t12-/m1/s1. The summed E-state index contributed by atoms with van der Waals surface area (Å²) in [6.45, 7) is 1.75. The largest absolute Gasteiger partial charge is 0.454 e. The number of nitrogens with zero attached hydrogens (tertiary/aromatic N) is 4. The van der Waals surface area contributed by atoms with Gasteiger partial charge in [0.15, 0.2) is 5.82 Å². The molecule has 0 amide bonds. The average Bonchev–Trinajstić information content (AvgIpc) is 2.73. The highest BCUT2D eigenvalue weighted by Crippen LogP contribution is 2.21. The van der Waals surface area contributed by atoms with Crippen LogP contribution in [0, 0.1) is 0 Å². The number of aliphatic hydroxyl groups is 1. The van der Waals surface area contributed by atoms with Crippen molar-refractivity contribution in [1.82, 2.24) is 15.0 Å². The van der Waals surface area contributed by atoms with E-state index in [-0.39, 0.29) is 12.6 Å². The number of aliphatic hydroxyl groups excluding tert-OH is 1. The van der Waals surface area contributed by atoms with Crippen molar-refractivity contribution in [3.05, 3.63) is 54.7 Å². The van der Waals surface area contributed by atoms with Gasteiger partial charge >= 0.3 is 0 Å². The molecule has 11 heteroatoms. The summed E-state index contributed by atoms with van der Waals surface area (Å²) >= 11 is 0. The fraction of sp³-hybridized carbons (Fsp3) is 0.167. The second-order valence-electron chi connectivity index (χ2n) is 6.02. The van der Waals surface area contributed by atoms with Gasteiger partial charge in [-0.3, -0.25) is 15.8 Å². The van der Waals surface area contributed by atoms with Gasteiger partial charge in [0.25, 0.3) is 0 Å². The first-order chi connectivity index (χ1) is 14.0.